The van der Waals surface area contributed by atoms with Crippen LogP contribution in [0.4, 0.5) is 24.5 Å². The number of nitro benzene ring substituents is 1. The van der Waals surface area contributed by atoms with Gasteiger partial charge in [0.2, 0.25) is 5.91 Å². The number of non-ortho nitro benzene ring substituents is 1. The summed E-state index contributed by atoms with van der Waals surface area (Å²) >= 11 is 0.876. The van der Waals surface area contributed by atoms with Crippen molar-refractivity contribution < 1.29 is 22.9 Å². The molecule has 0 fully saturated rings. The van der Waals surface area contributed by atoms with Crippen molar-refractivity contribution in [1.82, 2.24) is 14.8 Å². The molecule has 1 aromatic heterocycles. The zero-order valence-corrected chi connectivity index (χ0v) is 14.7. The van der Waals surface area contributed by atoms with E-state index in [2.05, 4.69) is 15.5 Å². The van der Waals surface area contributed by atoms with E-state index in [0.717, 1.165) is 23.9 Å². The first-order valence-corrected chi connectivity index (χ1v) is 8.55. The van der Waals surface area contributed by atoms with Gasteiger partial charge < -0.3 is 5.32 Å². The van der Waals surface area contributed by atoms with Gasteiger partial charge in [-0.05, 0) is 12.5 Å². The third-order valence-corrected chi connectivity index (χ3v) is 4.27. The minimum Gasteiger partial charge on any atom is -0.325 e. The minimum absolute atomic E-state index is 0.233. The quantitative estimate of drug-likeness (QED) is 0.415. The summed E-state index contributed by atoms with van der Waals surface area (Å²) in [5.74, 6) is -1.08. The lowest BCUT2D eigenvalue weighted by molar-refractivity contribution is -0.385. The SMILES string of the molecule is CCCn1c(SCC(=O)Nc2ccc([N+](=O)[O-])cc2C(F)(F)F)n[nH]c1=O. The minimum atomic E-state index is -4.88. The smallest absolute Gasteiger partial charge is 0.325 e. The predicted octanol–water partition coefficient (Wildman–Crippen LogP) is 2.64. The lowest BCUT2D eigenvalue weighted by atomic mass is 10.1. The number of carbonyl (C=O) groups is 1. The Bertz CT molecular complexity index is 909. The van der Waals surface area contributed by atoms with Crippen LogP contribution in [-0.2, 0) is 17.5 Å². The van der Waals surface area contributed by atoms with Gasteiger partial charge >= 0.3 is 11.9 Å². The van der Waals surface area contributed by atoms with E-state index < -0.39 is 39.6 Å². The monoisotopic (exact) mass is 405 g/mol. The van der Waals surface area contributed by atoms with Crippen LogP contribution in [0.15, 0.2) is 28.2 Å². The fraction of sp³-hybridized carbons (Fsp3) is 0.357. The van der Waals surface area contributed by atoms with Crippen molar-refractivity contribution in [2.45, 2.75) is 31.2 Å². The first-order chi connectivity index (χ1) is 12.6. The van der Waals surface area contributed by atoms with Crippen LogP contribution < -0.4 is 11.0 Å². The number of amides is 1. The number of anilines is 1. The van der Waals surface area contributed by atoms with Crippen LogP contribution in [0.3, 0.4) is 0 Å². The summed E-state index contributed by atoms with van der Waals surface area (Å²) in [6.07, 6.45) is -4.23. The first-order valence-electron chi connectivity index (χ1n) is 7.57. The van der Waals surface area contributed by atoms with Crippen LogP contribution in [0, 0.1) is 10.1 Å². The molecule has 0 aliphatic heterocycles. The van der Waals surface area contributed by atoms with Crippen LogP contribution in [-0.4, -0.2) is 31.3 Å². The summed E-state index contributed by atoms with van der Waals surface area (Å²) in [5.41, 5.74) is -3.10. The van der Waals surface area contributed by atoms with Gasteiger partial charge in [0.1, 0.15) is 0 Å². The average molecular weight is 405 g/mol. The number of aromatic amines is 1. The Kier molecular flexibility index (Phi) is 6.25. The van der Waals surface area contributed by atoms with Crippen LogP contribution in [0.1, 0.15) is 18.9 Å². The lowest BCUT2D eigenvalue weighted by Gasteiger charge is -2.13. The van der Waals surface area contributed by atoms with Crippen LogP contribution in [0.2, 0.25) is 0 Å². The van der Waals surface area contributed by atoms with Gasteiger partial charge in [-0.1, -0.05) is 18.7 Å². The second-order valence-electron chi connectivity index (χ2n) is 5.28. The lowest BCUT2D eigenvalue weighted by Crippen LogP contribution is -2.20. The molecule has 0 unspecified atom stereocenters. The van der Waals surface area contributed by atoms with Crippen molar-refractivity contribution in [3.05, 3.63) is 44.4 Å². The first kappa shape index (κ1) is 20.5. The molecule has 0 saturated heterocycles. The highest BCUT2D eigenvalue weighted by molar-refractivity contribution is 7.99. The molecule has 0 saturated carbocycles. The number of aromatic nitrogens is 3. The number of nitrogens with one attached hydrogen (secondary N) is 2. The number of rotatable bonds is 7. The van der Waals surface area contributed by atoms with Gasteiger partial charge in [0.25, 0.3) is 5.69 Å². The molecular formula is C14H14F3N5O4S. The van der Waals surface area contributed by atoms with Gasteiger partial charge in [-0.3, -0.25) is 19.5 Å². The van der Waals surface area contributed by atoms with Crippen LogP contribution in [0.25, 0.3) is 0 Å². The summed E-state index contributed by atoms with van der Waals surface area (Å²) in [5, 5.41) is 19.0. The number of hydrogen-bond acceptors (Lipinski definition) is 6. The standard InChI is InChI=1S/C14H14F3N5O4S/c1-2-5-21-12(24)19-20-13(21)27-7-11(23)18-10-4-3-8(22(25)26)6-9(10)14(15,16)17/h3-4,6H,2,5,7H2,1H3,(H,18,23)(H,19,24). The number of thioether (sulfide) groups is 1. The highest BCUT2D eigenvalue weighted by Crippen LogP contribution is 2.37. The molecule has 0 radical (unpaired) electrons. The molecular weight excluding hydrogens is 391 g/mol. The van der Waals surface area contributed by atoms with Gasteiger partial charge in [0.15, 0.2) is 5.16 Å². The molecule has 0 aliphatic rings. The number of carbonyl (C=O) groups excluding carboxylic acids is 1. The molecule has 0 spiro atoms. The molecule has 1 aromatic carbocycles. The number of hydrogen-bond donors (Lipinski definition) is 2. The fourth-order valence-electron chi connectivity index (χ4n) is 2.14. The average Bonchev–Trinajstić information content (AvgIpc) is 2.93. The number of halogens is 3. The summed E-state index contributed by atoms with van der Waals surface area (Å²) < 4.78 is 40.6. The molecule has 0 aliphatic carbocycles. The van der Waals surface area contributed by atoms with E-state index >= 15 is 0 Å². The second kappa shape index (κ2) is 8.24. The molecule has 1 heterocycles. The summed E-state index contributed by atoms with van der Waals surface area (Å²) in [6, 6.07) is 2.05. The van der Waals surface area contributed by atoms with Gasteiger partial charge in [0.05, 0.1) is 21.9 Å². The molecule has 9 nitrogen and oxygen atoms in total. The van der Waals surface area contributed by atoms with Gasteiger partial charge in [-0.25, -0.2) is 9.89 Å². The number of nitro groups is 1. The number of H-pyrrole nitrogens is 1. The van der Waals surface area contributed by atoms with E-state index in [1.165, 1.54) is 4.57 Å². The highest BCUT2D eigenvalue weighted by atomic mass is 32.2. The van der Waals surface area contributed by atoms with Crippen molar-refractivity contribution in [1.29, 1.82) is 0 Å². The fourth-order valence-corrected chi connectivity index (χ4v) is 2.91. The Morgan fingerprint density at radius 2 is 2.15 bits per heavy atom. The summed E-state index contributed by atoms with van der Waals surface area (Å²) in [7, 11) is 0. The van der Waals surface area contributed by atoms with Crippen molar-refractivity contribution in [2.75, 3.05) is 11.1 Å². The van der Waals surface area contributed by atoms with E-state index in [4.69, 9.17) is 0 Å². The third kappa shape index (κ3) is 5.09. The Morgan fingerprint density at radius 1 is 1.44 bits per heavy atom. The highest BCUT2D eigenvalue weighted by Gasteiger charge is 2.35. The molecule has 1 amide bonds. The van der Waals surface area contributed by atoms with E-state index in [1.54, 1.807) is 0 Å². The number of alkyl halides is 3. The van der Waals surface area contributed by atoms with E-state index in [0.29, 0.717) is 19.0 Å². The Labute approximate surface area is 154 Å². The van der Waals surface area contributed by atoms with Gasteiger partial charge in [-0.15, -0.1) is 5.10 Å². The molecule has 146 valence electrons. The zero-order valence-electron chi connectivity index (χ0n) is 13.9. The van der Waals surface area contributed by atoms with Crippen molar-refractivity contribution in [2.24, 2.45) is 0 Å². The summed E-state index contributed by atoms with van der Waals surface area (Å²) in [6.45, 7) is 2.22. The van der Waals surface area contributed by atoms with Gasteiger partial charge in [0, 0.05) is 18.7 Å². The Balaban J connectivity index is 2.14. The van der Waals surface area contributed by atoms with Crippen molar-refractivity contribution in [3.8, 4) is 0 Å². The van der Waals surface area contributed by atoms with Crippen molar-refractivity contribution in [3.63, 3.8) is 0 Å². The van der Waals surface area contributed by atoms with E-state index in [-0.39, 0.29) is 10.9 Å². The van der Waals surface area contributed by atoms with Crippen molar-refractivity contribution >= 4 is 29.0 Å². The topological polar surface area (TPSA) is 123 Å². The molecule has 2 N–H and O–H groups in total. The van der Waals surface area contributed by atoms with Crippen LogP contribution >= 0.6 is 11.8 Å². The summed E-state index contributed by atoms with van der Waals surface area (Å²) in [4.78, 5) is 33.3. The van der Waals surface area contributed by atoms with Gasteiger partial charge in [-0.2, -0.15) is 13.2 Å². The maximum atomic E-state index is 13.1. The normalized spacial score (nSPS) is 11.4. The molecule has 2 rings (SSSR count). The molecule has 0 bridgehead atoms. The zero-order chi connectivity index (χ0) is 20.2. The maximum Gasteiger partial charge on any atom is 0.418 e. The molecule has 13 heteroatoms. The number of nitrogens with zero attached hydrogens (tertiary/aromatic N) is 3. The molecule has 2 aromatic rings. The van der Waals surface area contributed by atoms with E-state index in [1.807, 2.05) is 6.92 Å². The molecule has 27 heavy (non-hydrogen) atoms. The Hall–Kier alpha value is -2.83. The van der Waals surface area contributed by atoms with Crippen LogP contribution in [0.5, 0.6) is 0 Å². The molecule has 0 atom stereocenters. The maximum absolute atomic E-state index is 13.1. The predicted molar refractivity (Wildman–Crippen MR) is 90.6 cm³/mol. The Morgan fingerprint density at radius 3 is 2.74 bits per heavy atom. The van der Waals surface area contributed by atoms with E-state index in [9.17, 15) is 32.9 Å². The number of benzene rings is 1. The second-order valence-corrected chi connectivity index (χ2v) is 6.23. The third-order valence-electron chi connectivity index (χ3n) is 3.30. The largest absolute Gasteiger partial charge is 0.418 e.